The van der Waals surface area contributed by atoms with Crippen molar-refractivity contribution in [1.82, 2.24) is 9.80 Å². The van der Waals surface area contributed by atoms with E-state index in [2.05, 4.69) is 4.90 Å². The second-order valence-corrected chi connectivity index (χ2v) is 5.41. The van der Waals surface area contributed by atoms with Crippen molar-refractivity contribution in [2.24, 2.45) is 0 Å². The van der Waals surface area contributed by atoms with E-state index >= 15 is 0 Å². The smallest absolute Gasteiger partial charge is 0.253 e. The number of amides is 1. The summed E-state index contributed by atoms with van der Waals surface area (Å²) in [6, 6.07) is 6.83. The third kappa shape index (κ3) is 4.97. The van der Waals surface area contributed by atoms with Crippen molar-refractivity contribution >= 4 is 17.5 Å². The highest BCUT2D eigenvalue weighted by atomic mass is 35.5. The number of rotatable bonds is 6. The van der Waals surface area contributed by atoms with Crippen molar-refractivity contribution in [3.05, 3.63) is 34.9 Å². The highest BCUT2D eigenvalue weighted by Crippen LogP contribution is 2.11. The van der Waals surface area contributed by atoms with Gasteiger partial charge in [0.05, 0.1) is 19.8 Å². The maximum atomic E-state index is 12.4. The van der Waals surface area contributed by atoms with Crippen molar-refractivity contribution in [2.75, 3.05) is 52.5 Å². The van der Waals surface area contributed by atoms with Gasteiger partial charge in [-0.3, -0.25) is 9.69 Å². The first-order valence-corrected chi connectivity index (χ1v) is 7.54. The molecule has 1 aromatic rings. The molecule has 0 unspecified atom stereocenters. The number of aliphatic hydroxyl groups excluding tert-OH is 1. The quantitative estimate of drug-likeness (QED) is 0.855. The number of hydrogen-bond acceptors (Lipinski definition) is 4. The van der Waals surface area contributed by atoms with E-state index in [1.54, 1.807) is 29.2 Å². The van der Waals surface area contributed by atoms with Gasteiger partial charge in [0.25, 0.3) is 5.91 Å². The van der Waals surface area contributed by atoms with E-state index in [1.807, 2.05) is 0 Å². The molecule has 2 rings (SSSR count). The topological polar surface area (TPSA) is 53.0 Å². The van der Waals surface area contributed by atoms with Crippen LogP contribution in [0.4, 0.5) is 0 Å². The van der Waals surface area contributed by atoms with E-state index < -0.39 is 0 Å². The molecule has 21 heavy (non-hydrogen) atoms. The van der Waals surface area contributed by atoms with Gasteiger partial charge in [0, 0.05) is 43.3 Å². The minimum absolute atomic E-state index is 0.0392. The van der Waals surface area contributed by atoms with Crippen LogP contribution < -0.4 is 0 Å². The predicted molar refractivity (Wildman–Crippen MR) is 81.7 cm³/mol. The van der Waals surface area contributed by atoms with Crippen LogP contribution in [0.3, 0.4) is 0 Å². The van der Waals surface area contributed by atoms with Crippen LogP contribution in [0.1, 0.15) is 10.4 Å². The number of halogens is 1. The van der Waals surface area contributed by atoms with E-state index in [9.17, 15) is 4.79 Å². The molecule has 1 amide bonds. The lowest BCUT2D eigenvalue weighted by Crippen LogP contribution is -2.43. The molecule has 1 N–H and O–H groups in total. The highest BCUT2D eigenvalue weighted by Gasteiger charge is 2.17. The van der Waals surface area contributed by atoms with Gasteiger partial charge in [-0.15, -0.1) is 0 Å². The Morgan fingerprint density at radius 3 is 2.52 bits per heavy atom. The van der Waals surface area contributed by atoms with Crippen LogP contribution >= 0.6 is 11.6 Å². The molecule has 1 aromatic carbocycles. The van der Waals surface area contributed by atoms with Crippen LogP contribution in [0.15, 0.2) is 24.3 Å². The number of carbonyl (C=O) groups excluding carboxylic acids is 1. The summed E-state index contributed by atoms with van der Waals surface area (Å²) in [6.45, 7) is 4.96. The normalized spacial score (nSPS) is 15.9. The highest BCUT2D eigenvalue weighted by molar-refractivity contribution is 6.30. The summed E-state index contributed by atoms with van der Waals surface area (Å²) in [6.07, 6.45) is 0. The third-order valence-electron chi connectivity index (χ3n) is 3.54. The zero-order chi connectivity index (χ0) is 15.1. The Morgan fingerprint density at radius 1 is 1.24 bits per heavy atom. The molecule has 1 heterocycles. The van der Waals surface area contributed by atoms with E-state index in [-0.39, 0.29) is 12.5 Å². The number of benzene rings is 1. The van der Waals surface area contributed by atoms with Crippen LogP contribution in [-0.4, -0.2) is 73.4 Å². The summed E-state index contributed by atoms with van der Waals surface area (Å²) in [7, 11) is 0. The first-order chi connectivity index (χ1) is 10.2. The average molecular weight is 313 g/mol. The van der Waals surface area contributed by atoms with Crippen LogP contribution in [-0.2, 0) is 4.74 Å². The number of nitrogens with zero attached hydrogens (tertiary/aromatic N) is 2. The van der Waals surface area contributed by atoms with E-state index in [0.29, 0.717) is 23.7 Å². The lowest BCUT2D eigenvalue weighted by atomic mass is 10.2. The van der Waals surface area contributed by atoms with Gasteiger partial charge in [-0.05, 0) is 24.3 Å². The van der Waals surface area contributed by atoms with Crippen molar-refractivity contribution in [1.29, 1.82) is 0 Å². The van der Waals surface area contributed by atoms with Crippen LogP contribution in [0.2, 0.25) is 5.02 Å². The third-order valence-corrected chi connectivity index (χ3v) is 3.79. The molecule has 1 saturated heterocycles. The molecule has 1 fully saturated rings. The first kappa shape index (κ1) is 16.2. The van der Waals surface area contributed by atoms with Gasteiger partial charge in [0.1, 0.15) is 0 Å². The summed E-state index contributed by atoms with van der Waals surface area (Å²) >= 11 is 5.84. The molecule has 0 bridgehead atoms. The monoisotopic (exact) mass is 312 g/mol. The van der Waals surface area contributed by atoms with Gasteiger partial charge in [-0.2, -0.15) is 0 Å². The number of carbonyl (C=O) groups is 1. The molecule has 0 spiro atoms. The molecule has 0 atom stereocenters. The minimum atomic E-state index is -0.0750. The molecule has 0 saturated carbocycles. The Balaban J connectivity index is 1.93. The fraction of sp³-hybridized carbons (Fsp3) is 0.533. The average Bonchev–Trinajstić information content (AvgIpc) is 2.52. The fourth-order valence-electron chi connectivity index (χ4n) is 2.30. The summed E-state index contributed by atoms with van der Waals surface area (Å²) in [5, 5.41) is 9.77. The number of aliphatic hydroxyl groups is 1. The maximum absolute atomic E-state index is 12.4. The summed E-state index contributed by atoms with van der Waals surface area (Å²) in [4.78, 5) is 16.4. The second-order valence-electron chi connectivity index (χ2n) is 4.98. The molecule has 6 heteroatoms. The van der Waals surface area contributed by atoms with Crippen LogP contribution in [0.5, 0.6) is 0 Å². The zero-order valence-electron chi connectivity index (χ0n) is 12.0. The van der Waals surface area contributed by atoms with Crippen molar-refractivity contribution in [3.63, 3.8) is 0 Å². The molecular formula is C15H21ClN2O3. The van der Waals surface area contributed by atoms with Crippen LogP contribution in [0.25, 0.3) is 0 Å². The largest absolute Gasteiger partial charge is 0.395 e. The van der Waals surface area contributed by atoms with Gasteiger partial charge in [0.2, 0.25) is 0 Å². The first-order valence-electron chi connectivity index (χ1n) is 7.16. The lowest BCUT2D eigenvalue weighted by Gasteiger charge is -2.30. The minimum Gasteiger partial charge on any atom is -0.395 e. The number of morpholine rings is 1. The maximum Gasteiger partial charge on any atom is 0.253 e. The molecule has 1 aliphatic heterocycles. The number of hydrogen-bond donors (Lipinski definition) is 1. The molecule has 1 aliphatic rings. The van der Waals surface area contributed by atoms with Crippen molar-refractivity contribution < 1.29 is 14.6 Å². The summed E-state index contributed by atoms with van der Waals surface area (Å²) in [5.74, 6) is -0.0750. The Morgan fingerprint density at radius 2 is 1.90 bits per heavy atom. The van der Waals surface area contributed by atoms with Gasteiger partial charge in [0.15, 0.2) is 0 Å². The Labute approximate surface area is 130 Å². The molecule has 0 aliphatic carbocycles. The van der Waals surface area contributed by atoms with E-state index in [0.717, 1.165) is 32.8 Å². The van der Waals surface area contributed by atoms with Crippen LogP contribution in [0, 0.1) is 0 Å². The van der Waals surface area contributed by atoms with Gasteiger partial charge in [-0.1, -0.05) is 11.6 Å². The SMILES string of the molecule is O=C(c1ccc(Cl)cc1)N(CCO)CCN1CCOCC1. The number of ether oxygens (including phenoxy) is 1. The molecular weight excluding hydrogens is 292 g/mol. The van der Waals surface area contributed by atoms with Gasteiger partial charge < -0.3 is 14.7 Å². The standard InChI is InChI=1S/C15H21ClN2O3/c16-14-3-1-13(2-4-14)15(20)18(7-10-19)6-5-17-8-11-21-12-9-17/h1-4,19H,5-12H2. The van der Waals surface area contributed by atoms with E-state index in [1.165, 1.54) is 0 Å². The lowest BCUT2D eigenvalue weighted by molar-refractivity contribution is 0.0315. The Bertz CT molecular complexity index is 447. The molecule has 116 valence electrons. The Kier molecular flexibility index (Phi) is 6.45. The zero-order valence-corrected chi connectivity index (χ0v) is 12.8. The predicted octanol–water partition coefficient (Wildman–Crippen LogP) is 1.11. The Hall–Kier alpha value is -1.14. The van der Waals surface area contributed by atoms with Crippen molar-refractivity contribution in [2.45, 2.75) is 0 Å². The van der Waals surface area contributed by atoms with Crippen molar-refractivity contribution in [3.8, 4) is 0 Å². The van der Waals surface area contributed by atoms with E-state index in [4.69, 9.17) is 21.4 Å². The second kappa shape index (κ2) is 8.34. The fourth-order valence-corrected chi connectivity index (χ4v) is 2.42. The molecule has 0 aromatic heterocycles. The molecule has 5 nitrogen and oxygen atoms in total. The summed E-state index contributed by atoms with van der Waals surface area (Å²) in [5.41, 5.74) is 0.592. The summed E-state index contributed by atoms with van der Waals surface area (Å²) < 4.78 is 5.31. The van der Waals surface area contributed by atoms with Gasteiger partial charge in [-0.25, -0.2) is 0 Å². The molecule has 0 radical (unpaired) electrons. The van der Waals surface area contributed by atoms with Gasteiger partial charge >= 0.3 is 0 Å².